The second-order valence-corrected chi connectivity index (χ2v) is 8.22. The van der Waals surface area contributed by atoms with Crippen molar-refractivity contribution in [3.05, 3.63) is 23.8 Å². The first-order valence-corrected chi connectivity index (χ1v) is 11.1. The van der Waals surface area contributed by atoms with Crippen LogP contribution in [0.1, 0.15) is 37.7 Å². The number of likely N-dealkylation sites (tertiary alicyclic amines) is 1. The molecule has 3 heterocycles. The molecular weight excluding hydrogens is 412 g/mol. The highest BCUT2D eigenvalue weighted by molar-refractivity contribution is 6.04. The van der Waals surface area contributed by atoms with Crippen LogP contribution in [0.15, 0.2) is 28.2 Å². The Balaban J connectivity index is 1.38. The lowest BCUT2D eigenvalue weighted by molar-refractivity contribution is -0.132. The first kappa shape index (κ1) is 22.3. The maximum Gasteiger partial charge on any atom is 0.244 e. The van der Waals surface area contributed by atoms with Gasteiger partial charge in [0.05, 0.1) is 33.4 Å². The van der Waals surface area contributed by atoms with E-state index in [1.165, 1.54) is 0 Å². The molecule has 172 valence electrons. The third kappa shape index (κ3) is 5.09. The van der Waals surface area contributed by atoms with E-state index in [0.717, 1.165) is 18.4 Å². The molecule has 1 N–H and O–H groups in total. The van der Waals surface area contributed by atoms with Crippen molar-refractivity contribution in [3.8, 4) is 11.5 Å². The Morgan fingerprint density at radius 2 is 2.22 bits per heavy atom. The summed E-state index contributed by atoms with van der Waals surface area (Å²) in [7, 11) is 1.61. The van der Waals surface area contributed by atoms with Crippen LogP contribution in [0.4, 0.5) is 0 Å². The SMILES string of the molecule is CCC1N=CCN=C1NC(=O)CN1C[C@H](c2ccc(OC)c(O[C@@H]3CCOC3)c2)CC1=O. The molecule has 2 saturated heterocycles. The summed E-state index contributed by atoms with van der Waals surface area (Å²) in [4.78, 5) is 35.5. The Kier molecular flexibility index (Phi) is 7.04. The number of nitrogens with zero attached hydrogens (tertiary/aromatic N) is 3. The molecule has 2 fully saturated rings. The number of nitrogens with one attached hydrogen (secondary N) is 1. The molecule has 32 heavy (non-hydrogen) atoms. The van der Waals surface area contributed by atoms with E-state index in [1.807, 2.05) is 25.1 Å². The average Bonchev–Trinajstić information content (AvgIpc) is 3.44. The third-order valence-electron chi connectivity index (χ3n) is 5.99. The highest BCUT2D eigenvalue weighted by Crippen LogP contribution is 2.36. The molecule has 0 saturated carbocycles. The summed E-state index contributed by atoms with van der Waals surface area (Å²) in [6.07, 6.45) is 3.71. The van der Waals surface area contributed by atoms with Gasteiger partial charge in [-0.3, -0.25) is 19.6 Å². The van der Waals surface area contributed by atoms with Crippen molar-refractivity contribution >= 4 is 23.9 Å². The predicted octanol–water partition coefficient (Wildman–Crippen LogP) is 1.56. The van der Waals surface area contributed by atoms with Gasteiger partial charge in [-0.1, -0.05) is 13.0 Å². The van der Waals surface area contributed by atoms with Gasteiger partial charge in [-0.05, 0) is 24.1 Å². The summed E-state index contributed by atoms with van der Waals surface area (Å²) < 4.78 is 16.9. The van der Waals surface area contributed by atoms with Crippen molar-refractivity contribution in [2.75, 3.05) is 40.0 Å². The molecule has 0 radical (unpaired) electrons. The summed E-state index contributed by atoms with van der Waals surface area (Å²) in [5.74, 6) is 1.60. The van der Waals surface area contributed by atoms with E-state index in [-0.39, 0.29) is 36.4 Å². The van der Waals surface area contributed by atoms with Crippen molar-refractivity contribution in [2.45, 2.75) is 44.2 Å². The zero-order valence-electron chi connectivity index (χ0n) is 18.6. The van der Waals surface area contributed by atoms with Crippen LogP contribution in [-0.4, -0.2) is 80.9 Å². The minimum absolute atomic E-state index is 0.00328. The molecule has 1 unspecified atom stereocenters. The van der Waals surface area contributed by atoms with Crippen LogP contribution < -0.4 is 14.8 Å². The van der Waals surface area contributed by atoms with Gasteiger partial charge in [0.15, 0.2) is 11.5 Å². The van der Waals surface area contributed by atoms with Crippen molar-refractivity contribution in [1.29, 1.82) is 0 Å². The van der Waals surface area contributed by atoms with E-state index in [4.69, 9.17) is 14.2 Å². The Hall–Kier alpha value is -2.94. The van der Waals surface area contributed by atoms with Crippen LogP contribution in [0.25, 0.3) is 0 Å². The van der Waals surface area contributed by atoms with Crippen molar-refractivity contribution < 1.29 is 23.8 Å². The van der Waals surface area contributed by atoms with Crippen LogP contribution in [0.5, 0.6) is 11.5 Å². The molecule has 0 spiro atoms. The Morgan fingerprint density at radius 1 is 1.34 bits per heavy atom. The number of hydrogen-bond acceptors (Lipinski definition) is 7. The molecular formula is C23H30N4O5. The topological polar surface area (TPSA) is 102 Å². The van der Waals surface area contributed by atoms with E-state index in [2.05, 4.69) is 15.3 Å². The highest BCUT2D eigenvalue weighted by atomic mass is 16.6. The van der Waals surface area contributed by atoms with Crippen molar-refractivity contribution in [2.24, 2.45) is 9.98 Å². The highest BCUT2D eigenvalue weighted by Gasteiger charge is 2.33. The molecule has 4 rings (SSSR count). The summed E-state index contributed by atoms with van der Waals surface area (Å²) in [5.41, 5.74) is 0.994. The molecule has 0 aromatic heterocycles. The second kappa shape index (κ2) is 10.1. The summed E-state index contributed by atoms with van der Waals surface area (Å²) in [6.45, 7) is 4.20. The minimum Gasteiger partial charge on any atom is -0.493 e. The van der Waals surface area contributed by atoms with Crippen LogP contribution in [0, 0.1) is 0 Å². The first-order valence-electron chi connectivity index (χ1n) is 11.1. The van der Waals surface area contributed by atoms with Crippen LogP contribution >= 0.6 is 0 Å². The first-order chi connectivity index (χ1) is 15.6. The quantitative estimate of drug-likeness (QED) is 0.691. The molecule has 2 amide bonds. The fourth-order valence-electron chi connectivity index (χ4n) is 4.24. The molecule has 0 bridgehead atoms. The van der Waals surface area contributed by atoms with E-state index >= 15 is 0 Å². The lowest BCUT2D eigenvalue weighted by Crippen LogP contribution is -2.45. The summed E-state index contributed by atoms with van der Waals surface area (Å²) in [6, 6.07) is 5.64. The maximum atomic E-state index is 12.6. The van der Waals surface area contributed by atoms with E-state index in [9.17, 15) is 9.59 Å². The molecule has 3 atom stereocenters. The lowest BCUT2D eigenvalue weighted by Gasteiger charge is -2.21. The smallest absolute Gasteiger partial charge is 0.244 e. The lowest BCUT2D eigenvalue weighted by atomic mass is 9.98. The number of hydrogen-bond donors (Lipinski definition) is 1. The number of methoxy groups -OCH3 is 1. The Labute approximate surface area is 187 Å². The number of carbonyl (C=O) groups excluding carboxylic acids is 2. The molecule has 9 heteroatoms. The van der Waals surface area contributed by atoms with Gasteiger partial charge in [-0.25, -0.2) is 0 Å². The van der Waals surface area contributed by atoms with Gasteiger partial charge in [0.25, 0.3) is 0 Å². The van der Waals surface area contributed by atoms with Gasteiger partial charge in [0.2, 0.25) is 11.8 Å². The normalized spacial score (nSPS) is 25.1. The largest absolute Gasteiger partial charge is 0.493 e. The Morgan fingerprint density at radius 3 is 2.97 bits per heavy atom. The number of benzene rings is 1. The van der Waals surface area contributed by atoms with Gasteiger partial charge in [-0.15, -0.1) is 0 Å². The van der Waals surface area contributed by atoms with Crippen molar-refractivity contribution in [3.63, 3.8) is 0 Å². The fraction of sp³-hybridized carbons (Fsp3) is 0.565. The third-order valence-corrected chi connectivity index (χ3v) is 5.99. The number of amides is 2. The minimum atomic E-state index is -0.242. The number of aliphatic imine (C=N–C) groups is 2. The van der Waals surface area contributed by atoms with Gasteiger partial charge in [-0.2, -0.15) is 0 Å². The summed E-state index contributed by atoms with van der Waals surface area (Å²) >= 11 is 0. The monoisotopic (exact) mass is 442 g/mol. The van der Waals surface area contributed by atoms with E-state index in [1.54, 1.807) is 18.2 Å². The summed E-state index contributed by atoms with van der Waals surface area (Å²) in [5, 5.41) is 2.84. The van der Waals surface area contributed by atoms with Crippen molar-refractivity contribution in [1.82, 2.24) is 10.2 Å². The Bertz CT molecular complexity index is 910. The molecule has 3 aliphatic heterocycles. The van der Waals surface area contributed by atoms with Gasteiger partial charge in [0, 0.05) is 31.5 Å². The fourth-order valence-corrected chi connectivity index (χ4v) is 4.24. The standard InChI is InChI=1S/C23H30N4O5/c1-3-18-23(25-8-7-24-18)26-21(28)13-27-12-16(11-22(27)29)15-4-5-19(30-2)20(10-15)32-17-6-9-31-14-17/h4-5,7,10,16-18H,3,6,8-9,11-14H2,1-2H3,(H,25,26,28)/t16-,17-,18?/m1/s1. The zero-order valence-corrected chi connectivity index (χ0v) is 18.6. The predicted molar refractivity (Wildman–Crippen MR) is 120 cm³/mol. The van der Waals surface area contributed by atoms with Crippen LogP contribution in [0.2, 0.25) is 0 Å². The van der Waals surface area contributed by atoms with Gasteiger partial charge >= 0.3 is 0 Å². The van der Waals surface area contributed by atoms with Crippen LogP contribution in [0.3, 0.4) is 0 Å². The number of ether oxygens (including phenoxy) is 3. The number of carbonyl (C=O) groups is 2. The number of amidine groups is 1. The van der Waals surface area contributed by atoms with Gasteiger partial charge < -0.3 is 24.4 Å². The zero-order chi connectivity index (χ0) is 22.5. The number of rotatable bonds is 7. The van der Waals surface area contributed by atoms with Crippen LogP contribution in [-0.2, 0) is 14.3 Å². The molecule has 9 nitrogen and oxygen atoms in total. The maximum absolute atomic E-state index is 12.6. The molecule has 1 aromatic rings. The molecule has 3 aliphatic rings. The molecule has 0 aliphatic carbocycles. The van der Waals surface area contributed by atoms with Gasteiger partial charge in [0.1, 0.15) is 18.0 Å². The molecule has 1 aromatic carbocycles. The average molecular weight is 443 g/mol. The van der Waals surface area contributed by atoms with E-state index in [0.29, 0.717) is 50.1 Å². The second-order valence-electron chi connectivity index (χ2n) is 8.22. The van der Waals surface area contributed by atoms with E-state index < -0.39 is 0 Å².